The largest absolute Gasteiger partial charge is 0.346 e. The average Bonchev–Trinajstić information content (AvgIpc) is 1.63. The Morgan fingerprint density at radius 2 is 0.764 bits per heavy atom. The van der Waals surface area contributed by atoms with Gasteiger partial charge in [-0.25, -0.2) is 67.8 Å². The first-order valence-corrected chi connectivity index (χ1v) is 43.5. The molecule has 0 spiro atoms. The molecule has 3 saturated carbocycles. The topological polar surface area (TPSA) is 317 Å². The minimum atomic E-state index is -2.51. The summed E-state index contributed by atoms with van der Waals surface area (Å²) in [5, 5.41) is 15.3. The number of hydrogen-bond donors (Lipinski definition) is 4. The summed E-state index contributed by atoms with van der Waals surface area (Å²) in [7, 11) is 5.39. The van der Waals surface area contributed by atoms with E-state index in [1.54, 1.807) is 89.5 Å². The molecule has 12 heterocycles. The number of imidazole rings is 4. The van der Waals surface area contributed by atoms with Gasteiger partial charge in [-0.2, -0.15) is 19.9 Å². The van der Waals surface area contributed by atoms with Crippen LogP contribution >= 0.6 is 46.4 Å². The van der Waals surface area contributed by atoms with Crippen LogP contribution in [0.3, 0.4) is 0 Å². The fourth-order valence-corrected chi connectivity index (χ4v) is 16.4. The molecule has 0 radical (unpaired) electrons. The predicted octanol–water partition coefficient (Wildman–Crippen LogP) is 17.4. The van der Waals surface area contributed by atoms with Gasteiger partial charge in [-0.3, -0.25) is 19.6 Å². The van der Waals surface area contributed by atoms with E-state index in [1.165, 1.54) is 34.8 Å². The highest BCUT2D eigenvalue weighted by Gasteiger charge is 2.49. The SMILES string of the molecule is C[C@H](Nc1nc(Cl)cc(N2C(=O)N(C)C[C@@H]2C2CC2)n1)c1cn(-c2ccc(F)cc2)cn1.C[C@H](Nc1ncc(F)c(N2C(=O)N(C)C[C@@H]2C2CC2)n1)c1cn(-c2ccc(Cl)cc2)cn1.Cc1cc(N2C(=O)N(C)C[C@@H]2C2CC2)nc(N[C@@H](C)c2cn(-c3ccc(Cl)cc3)cn2)n1.[2H]C([2H])([2H])N1C[C@H](C(C)C)N(c2ccnc(N[C@@H](C)c3cn(-c4ccc(Cl)cc4)cn3)n2)C1=O. The summed E-state index contributed by atoms with van der Waals surface area (Å²) in [6.07, 6.45) is 23.9. The lowest BCUT2D eigenvalue weighted by molar-refractivity contribution is 0.228. The second kappa shape index (κ2) is 37.5. The zero-order valence-corrected chi connectivity index (χ0v) is 74.4. The maximum absolute atomic E-state index is 14.7. The Balaban J connectivity index is 0.000000127. The Morgan fingerprint density at radius 1 is 0.402 bits per heavy atom. The molecule has 7 aliphatic rings. The van der Waals surface area contributed by atoms with Crippen LogP contribution < -0.4 is 40.9 Å². The molecule has 19 rings (SSSR count). The average molecular weight is 1810 g/mol. The molecule has 32 nitrogen and oxygen atoms in total. The standard InChI is InChI=1S/C23H26ClN7O.2C22H23ClFN7O.C22H26ClN7O/c1-14-10-21(31-20(16-4-5-16)12-29(3)23(31)32)28-22(26-14)27-15(2)19-11-30(13-25-19)18-8-6-17(24)7-9-18;1-13(17-10-30(12-25-17)16-7-5-15(24)6-8-16)26-21-27-19(23)9-20(28-21)31-18(14-3-4-14)11-29(2)22(31)32;1-13(18-10-30(12-26-18)16-7-5-15(23)6-8-16)27-21-25-9-17(24)20(28-21)31-19(14-3-4-14)11-29(2)22(31)32;1-14(2)19-12-28(4)22(31)30(19)20-9-10-24-21(27-20)26-15(3)18-11-29(13-25-18)17-7-5-16(23)6-8-17/h6-11,13,15-16,20H,4-5,12H2,1-3H3,(H,26,27,28);5-10,12-14,18H,3-4,11H2,1-2H3,(H,26,27,28);5-10,12-14,19H,3-4,11H2,1-2H3,(H,25,27,28);5-11,13-15,19H,12H2,1-4H3,(H,24,26,27)/t15-,20+;13-,18+;13-,19+;15-,19+/m0000/s1/i;;;4D3. The first kappa shape index (κ1) is 83.9. The molecule has 4 aromatic carbocycles. The minimum Gasteiger partial charge on any atom is -0.346 e. The van der Waals surface area contributed by atoms with Gasteiger partial charge in [0.05, 0.1) is 103 Å². The number of amides is 8. The lowest BCUT2D eigenvalue weighted by Gasteiger charge is -2.25. The molecule has 0 unspecified atom stereocenters. The normalized spacial score (nSPS) is 19.5. The summed E-state index contributed by atoms with van der Waals surface area (Å²) in [4.78, 5) is 117. The van der Waals surface area contributed by atoms with Crippen molar-refractivity contribution in [1.82, 2.24) is 97.7 Å². The van der Waals surface area contributed by atoms with Crippen molar-refractivity contribution in [2.45, 2.75) is 135 Å². The van der Waals surface area contributed by atoms with Gasteiger partial charge in [0.1, 0.15) is 28.4 Å². The number of rotatable bonds is 24. The van der Waals surface area contributed by atoms with Crippen LogP contribution in [0.1, 0.15) is 137 Å². The highest BCUT2D eigenvalue weighted by molar-refractivity contribution is 6.31. The van der Waals surface area contributed by atoms with Gasteiger partial charge in [0.15, 0.2) is 11.6 Å². The molecule has 8 atom stereocenters. The van der Waals surface area contributed by atoms with Crippen LogP contribution in [0, 0.1) is 42.2 Å². The van der Waals surface area contributed by atoms with E-state index >= 15 is 0 Å². The van der Waals surface area contributed by atoms with E-state index in [1.807, 2.05) is 182 Å². The molecule has 4 aliphatic heterocycles. The van der Waals surface area contributed by atoms with Crippen LogP contribution in [0.15, 0.2) is 178 Å². The summed E-state index contributed by atoms with van der Waals surface area (Å²) >= 11 is 24.2. The van der Waals surface area contributed by atoms with Gasteiger partial charge in [0.2, 0.25) is 23.8 Å². The Hall–Kier alpha value is -12.7. The van der Waals surface area contributed by atoms with Crippen molar-refractivity contribution >= 4 is 118 Å². The van der Waals surface area contributed by atoms with E-state index in [-0.39, 0.29) is 102 Å². The maximum atomic E-state index is 14.7. The number of carbonyl (C=O) groups excluding carboxylic acids is 4. The molecular formula is C89H98Cl4F2N28O4. The minimum absolute atomic E-state index is 0.000654. The first-order chi connectivity index (χ1) is 62.2. The Kier molecular flexibility index (Phi) is 24.8. The molecule has 38 heteroatoms. The van der Waals surface area contributed by atoms with Gasteiger partial charge in [-0.15, -0.1) is 0 Å². The van der Waals surface area contributed by atoms with E-state index in [0.29, 0.717) is 81.2 Å². The van der Waals surface area contributed by atoms with Gasteiger partial charge < -0.3 is 59.1 Å². The van der Waals surface area contributed by atoms with E-state index in [4.69, 9.17) is 55.5 Å². The third-order valence-electron chi connectivity index (χ3n) is 23.3. The molecule has 8 amide bonds. The van der Waals surface area contributed by atoms with Crippen LogP contribution in [-0.2, 0) is 0 Å². The third-order valence-corrected chi connectivity index (χ3v) is 24.3. The Morgan fingerprint density at radius 3 is 1.17 bits per heavy atom. The smallest absolute Gasteiger partial charge is 0.325 e. The van der Waals surface area contributed by atoms with E-state index in [9.17, 15) is 28.0 Å². The quantitative estimate of drug-likeness (QED) is 0.0408. The number of halogens is 6. The zero-order valence-electron chi connectivity index (χ0n) is 74.4. The molecule has 4 N–H and O–H groups in total. The number of likely N-dealkylation sites (N-methyl/N-ethyl adjacent to an activating group) is 4. The second-order valence-electron chi connectivity index (χ2n) is 33.2. The number of carbonyl (C=O) groups is 4. The molecule has 7 fully saturated rings. The van der Waals surface area contributed by atoms with Gasteiger partial charge in [0.25, 0.3) is 0 Å². The highest BCUT2D eigenvalue weighted by Crippen LogP contribution is 2.44. The van der Waals surface area contributed by atoms with Crippen molar-refractivity contribution < 1.29 is 32.1 Å². The summed E-state index contributed by atoms with van der Waals surface area (Å²) in [5.41, 5.74) is 7.62. The van der Waals surface area contributed by atoms with Crippen molar-refractivity contribution in [3.8, 4) is 22.7 Å². The Bertz CT molecular complexity index is 5880. The fraction of sp³-hybridized carbons (Fsp3) is 0.371. The molecule has 660 valence electrons. The molecule has 8 aromatic heterocycles. The molecule has 4 saturated heterocycles. The van der Waals surface area contributed by atoms with Crippen LogP contribution in [0.25, 0.3) is 22.7 Å². The second-order valence-corrected chi connectivity index (χ2v) is 34.9. The van der Waals surface area contributed by atoms with Crippen molar-refractivity contribution in [2.75, 3.05) is 95.2 Å². The van der Waals surface area contributed by atoms with Crippen molar-refractivity contribution in [3.63, 3.8) is 0 Å². The van der Waals surface area contributed by atoms with Gasteiger partial charge >= 0.3 is 24.1 Å². The van der Waals surface area contributed by atoms with E-state index < -0.39 is 18.8 Å². The number of aryl methyl sites for hydroxylation is 1. The number of benzene rings is 4. The summed E-state index contributed by atoms with van der Waals surface area (Å²) in [6.45, 7) is 13.2. The molecular weight excluding hydrogens is 1700 g/mol. The number of urea groups is 4. The van der Waals surface area contributed by atoms with Crippen LogP contribution in [-0.4, -0.2) is 200 Å². The van der Waals surface area contributed by atoms with Crippen LogP contribution in [0.2, 0.25) is 20.2 Å². The lowest BCUT2D eigenvalue weighted by atomic mass is 10.0. The van der Waals surface area contributed by atoms with Crippen molar-refractivity contribution in [1.29, 1.82) is 0 Å². The molecule has 127 heavy (non-hydrogen) atoms. The molecule has 3 aliphatic carbocycles. The number of hydrogen-bond acceptors (Lipinski definition) is 20. The molecule has 0 bridgehead atoms. The first-order valence-electron chi connectivity index (χ1n) is 43.5. The van der Waals surface area contributed by atoms with Gasteiger partial charge in [-0.05, 0) is 200 Å². The van der Waals surface area contributed by atoms with Crippen molar-refractivity contribution in [2.24, 2.45) is 23.7 Å². The fourth-order valence-electron chi connectivity index (χ4n) is 15.8. The third kappa shape index (κ3) is 20.3. The monoisotopic (exact) mass is 1800 g/mol. The van der Waals surface area contributed by atoms with Gasteiger partial charge in [-0.1, -0.05) is 60.3 Å². The maximum Gasteiger partial charge on any atom is 0.325 e. The number of nitrogens with one attached hydrogen (secondary N) is 4. The van der Waals surface area contributed by atoms with Crippen LogP contribution in [0.4, 0.5) is 75.0 Å². The Labute approximate surface area is 758 Å². The number of nitrogens with zero attached hydrogens (tertiary/aromatic N) is 24. The lowest BCUT2D eigenvalue weighted by Crippen LogP contribution is -2.38. The van der Waals surface area contributed by atoms with Crippen LogP contribution in [0.5, 0.6) is 0 Å². The summed E-state index contributed by atoms with van der Waals surface area (Å²) in [5.74, 6) is 3.51. The zero-order chi connectivity index (χ0) is 91.8. The summed E-state index contributed by atoms with van der Waals surface area (Å²) in [6, 6.07) is 32.0. The summed E-state index contributed by atoms with van der Waals surface area (Å²) < 4.78 is 58.5. The number of aromatic nitrogens is 16. The van der Waals surface area contributed by atoms with E-state index in [2.05, 4.69) is 76.1 Å². The number of anilines is 8. The highest BCUT2D eigenvalue weighted by atomic mass is 35.5. The van der Waals surface area contributed by atoms with E-state index in [0.717, 1.165) is 94.5 Å². The van der Waals surface area contributed by atoms with Gasteiger partial charge in [0, 0.05) is 145 Å². The molecule has 12 aromatic rings. The predicted molar refractivity (Wildman–Crippen MR) is 485 cm³/mol. The van der Waals surface area contributed by atoms with Crippen molar-refractivity contribution in [3.05, 3.63) is 238 Å².